The maximum absolute atomic E-state index is 9.60. The van der Waals surface area contributed by atoms with Crippen LogP contribution in [0.5, 0.6) is 0 Å². The molecular weight excluding hydrogens is 739 g/mol. The highest BCUT2D eigenvalue weighted by Crippen LogP contribution is 2.61. The molecule has 0 amide bonds. The molecular formula is C58H35N3. The first-order valence-electron chi connectivity index (χ1n) is 20.7. The molecule has 0 saturated heterocycles. The quantitative estimate of drug-likeness (QED) is 0.179. The zero-order chi connectivity index (χ0) is 40.5. The van der Waals surface area contributed by atoms with E-state index < -0.39 is 5.41 Å². The highest BCUT2D eigenvalue weighted by atomic mass is 14.9. The van der Waals surface area contributed by atoms with Crippen LogP contribution in [0.4, 0.5) is 0 Å². The minimum Gasteiger partial charge on any atom is -0.228 e. The number of nitriles is 1. The molecule has 61 heavy (non-hydrogen) atoms. The van der Waals surface area contributed by atoms with Crippen LogP contribution in [0, 0.1) is 11.3 Å². The number of hydrogen-bond acceptors (Lipinski definition) is 3. The van der Waals surface area contributed by atoms with Crippen LogP contribution in [0.3, 0.4) is 0 Å². The van der Waals surface area contributed by atoms with Crippen LogP contribution in [0.2, 0.25) is 0 Å². The third-order valence-electron chi connectivity index (χ3n) is 12.8. The standard InChI is InChI=1S/C58H35N3/c59-36-37-24-26-41(27-25-37)57-60-55(40-30-28-39(29-31-40)44-20-11-13-38-12-1-2-14-43(38)44)35-56(61-57)42-32-33-54-50(34-42)46-16-4-3-15-45(46)47-17-5-8-21-51(47)58(54)52-22-9-6-18-48(52)49-19-7-10-23-53(49)58/h1-35H. The Hall–Kier alpha value is -8.19. The number of hydrogen-bond donors (Lipinski definition) is 0. The normalized spacial score (nSPS) is 12.7. The van der Waals surface area contributed by atoms with Crippen LogP contribution in [0.15, 0.2) is 212 Å². The molecule has 9 aromatic carbocycles. The topological polar surface area (TPSA) is 49.6 Å². The zero-order valence-corrected chi connectivity index (χ0v) is 33.0. The van der Waals surface area contributed by atoms with Crippen molar-refractivity contribution in [1.82, 2.24) is 9.97 Å². The lowest BCUT2D eigenvalue weighted by molar-refractivity contribution is 0.775. The molecule has 10 aromatic rings. The van der Waals surface area contributed by atoms with Gasteiger partial charge in [-0.15, -0.1) is 0 Å². The largest absolute Gasteiger partial charge is 0.228 e. The Kier molecular flexibility index (Phi) is 7.82. The molecule has 0 N–H and O–H groups in total. The second-order valence-corrected chi connectivity index (χ2v) is 15.9. The van der Waals surface area contributed by atoms with Crippen molar-refractivity contribution in [2.45, 2.75) is 5.41 Å². The van der Waals surface area contributed by atoms with Crippen molar-refractivity contribution in [1.29, 1.82) is 5.26 Å². The maximum atomic E-state index is 9.60. The van der Waals surface area contributed by atoms with Crippen LogP contribution >= 0.6 is 0 Å². The highest BCUT2D eigenvalue weighted by molar-refractivity contribution is 5.99. The Morgan fingerprint density at radius 1 is 0.344 bits per heavy atom. The third-order valence-corrected chi connectivity index (χ3v) is 12.8. The molecule has 3 heteroatoms. The highest BCUT2D eigenvalue weighted by Gasteiger charge is 2.49. The van der Waals surface area contributed by atoms with E-state index in [-0.39, 0.29) is 0 Å². The van der Waals surface area contributed by atoms with Gasteiger partial charge in [0.05, 0.1) is 28.4 Å². The molecule has 0 radical (unpaired) electrons. The van der Waals surface area contributed by atoms with Crippen molar-refractivity contribution in [3.05, 3.63) is 240 Å². The Balaban J connectivity index is 1.08. The summed E-state index contributed by atoms with van der Waals surface area (Å²) < 4.78 is 0. The van der Waals surface area contributed by atoms with Crippen LogP contribution in [-0.2, 0) is 5.41 Å². The molecule has 12 rings (SSSR count). The minimum absolute atomic E-state index is 0.549. The summed E-state index contributed by atoms with van der Waals surface area (Å²) in [5.41, 5.74) is 19.4. The Bertz CT molecular complexity index is 3380. The lowest BCUT2D eigenvalue weighted by Gasteiger charge is -2.35. The maximum Gasteiger partial charge on any atom is 0.160 e. The predicted molar refractivity (Wildman–Crippen MR) is 248 cm³/mol. The zero-order valence-electron chi connectivity index (χ0n) is 33.0. The fourth-order valence-electron chi connectivity index (χ4n) is 10.1. The van der Waals surface area contributed by atoms with Gasteiger partial charge < -0.3 is 0 Å². The van der Waals surface area contributed by atoms with Gasteiger partial charge >= 0.3 is 0 Å². The molecule has 2 aliphatic rings. The number of fused-ring (bicyclic) bond motifs is 13. The SMILES string of the molecule is N#Cc1ccc(-c2nc(-c3ccc(-c4cccc5ccccc45)cc3)cc(-c3ccc4c(c3)-c3ccccc3-c3ccccc3C43c4ccccc4-c4ccccc43)n2)cc1. The predicted octanol–water partition coefficient (Wildman–Crippen LogP) is 14.2. The van der Waals surface area contributed by atoms with Gasteiger partial charge in [-0.25, -0.2) is 9.97 Å². The minimum atomic E-state index is -0.549. The molecule has 282 valence electrons. The fourth-order valence-corrected chi connectivity index (χ4v) is 10.1. The Morgan fingerprint density at radius 3 is 1.46 bits per heavy atom. The average molecular weight is 774 g/mol. The molecule has 0 atom stereocenters. The van der Waals surface area contributed by atoms with E-state index in [1.54, 1.807) is 0 Å². The molecule has 0 fully saturated rings. The first-order valence-corrected chi connectivity index (χ1v) is 20.7. The molecule has 1 spiro atoms. The van der Waals surface area contributed by atoms with E-state index in [4.69, 9.17) is 9.97 Å². The summed E-state index contributed by atoms with van der Waals surface area (Å²) in [6, 6.07) is 78.3. The van der Waals surface area contributed by atoms with E-state index in [0.29, 0.717) is 11.4 Å². The summed E-state index contributed by atoms with van der Waals surface area (Å²) >= 11 is 0. The smallest absolute Gasteiger partial charge is 0.160 e. The van der Waals surface area contributed by atoms with Crippen molar-refractivity contribution in [3.63, 3.8) is 0 Å². The number of nitrogens with zero attached hydrogens (tertiary/aromatic N) is 3. The van der Waals surface area contributed by atoms with Crippen molar-refractivity contribution >= 4 is 10.8 Å². The first kappa shape index (κ1) is 34.8. The summed E-state index contributed by atoms with van der Waals surface area (Å²) in [7, 11) is 0. The monoisotopic (exact) mass is 773 g/mol. The number of benzene rings is 9. The van der Waals surface area contributed by atoms with Gasteiger partial charge in [-0.3, -0.25) is 0 Å². The van der Waals surface area contributed by atoms with Crippen LogP contribution in [0.25, 0.3) is 89.2 Å². The second kappa shape index (κ2) is 13.7. The molecule has 0 saturated carbocycles. The van der Waals surface area contributed by atoms with Gasteiger partial charge in [0.25, 0.3) is 0 Å². The van der Waals surface area contributed by atoms with E-state index in [9.17, 15) is 5.26 Å². The molecule has 0 unspecified atom stereocenters. The van der Waals surface area contributed by atoms with Crippen molar-refractivity contribution in [3.8, 4) is 84.5 Å². The first-order chi connectivity index (χ1) is 30.2. The van der Waals surface area contributed by atoms with Gasteiger partial charge in [0, 0.05) is 16.7 Å². The molecule has 3 nitrogen and oxygen atoms in total. The van der Waals surface area contributed by atoms with Crippen LogP contribution in [0.1, 0.15) is 27.8 Å². The van der Waals surface area contributed by atoms with Gasteiger partial charge in [0.2, 0.25) is 0 Å². The van der Waals surface area contributed by atoms with Crippen molar-refractivity contribution < 1.29 is 0 Å². The molecule has 2 aliphatic carbocycles. The fraction of sp³-hybridized carbons (Fsp3) is 0.0172. The lowest BCUT2D eigenvalue weighted by atomic mass is 9.66. The van der Waals surface area contributed by atoms with Crippen molar-refractivity contribution in [2.75, 3.05) is 0 Å². The lowest BCUT2D eigenvalue weighted by Crippen LogP contribution is -2.29. The summed E-state index contributed by atoms with van der Waals surface area (Å²) in [5, 5.41) is 12.0. The third kappa shape index (κ3) is 5.29. The van der Waals surface area contributed by atoms with Gasteiger partial charge in [-0.2, -0.15) is 5.26 Å². The molecule has 1 heterocycles. The van der Waals surface area contributed by atoms with Gasteiger partial charge in [-0.1, -0.05) is 176 Å². The van der Waals surface area contributed by atoms with Crippen molar-refractivity contribution in [2.24, 2.45) is 0 Å². The van der Waals surface area contributed by atoms with E-state index in [2.05, 4.69) is 194 Å². The van der Waals surface area contributed by atoms with E-state index >= 15 is 0 Å². The van der Waals surface area contributed by atoms with Gasteiger partial charge in [0.1, 0.15) is 0 Å². The summed E-state index contributed by atoms with van der Waals surface area (Å²) in [6.45, 7) is 0. The van der Waals surface area contributed by atoms with E-state index in [1.807, 2.05) is 24.3 Å². The number of rotatable bonds is 4. The average Bonchev–Trinajstić information content (AvgIpc) is 3.58. The Morgan fingerprint density at radius 2 is 0.803 bits per heavy atom. The molecule has 0 aliphatic heterocycles. The van der Waals surface area contributed by atoms with Crippen LogP contribution < -0.4 is 0 Å². The second-order valence-electron chi connectivity index (χ2n) is 15.9. The summed E-state index contributed by atoms with van der Waals surface area (Å²) in [5.74, 6) is 0.605. The van der Waals surface area contributed by atoms with Crippen LogP contribution in [-0.4, -0.2) is 9.97 Å². The molecule has 0 bridgehead atoms. The molecule has 1 aromatic heterocycles. The van der Waals surface area contributed by atoms with Gasteiger partial charge in [0.15, 0.2) is 5.82 Å². The summed E-state index contributed by atoms with van der Waals surface area (Å²) in [6.07, 6.45) is 0. The number of aromatic nitrogens is 2. The van der Waals surface area contributed by atoms with E-state index in [1.165, 1.54) is 72.0 Å². The van der Waals surface area contributed by atoms with E-state index in [0.717, 1.165) is 33.6 Å². The van der Waals surface area contributed by atoms with Gasteiger partial charge in [-0.05, 0) is 114 Å². The summed E-state index contributed by atoms with van der Waals surface area (Å²) in [4.78, 5) is 10.5. The Labute approximate surface area is 354 Å².